The number of halogens is 3. The maximum absolute atomic E-state index is 14.2. The number of aliphatic hydroxyl groups is 1. The standard InChI is InChI=1S/C31H32F3NO2/c1-18-8-10-19(11-9-18)25-26-23(16-30(2,3)17-24(26)36)35-28(20-6-4-5-7-20)27(25)29(37)21-12-14-22(15-13-21)31(32,33)34/h8-15,20,24,36H,4-7,16-17H2,1-3H3/t24-/m0/s1. The van der Waals surface area contributed by atoms with Crippen molar-refractivity contribution in [1.29, 1.82) is 0 Å². The lowest BCUT2D eigenvalue weighted by atomic mass is 9.71. The van der Waals surface area contributed by atoms with Crippen LogP contribution in [0.1, 0.15) is 102 Å². The highest BCUT2D eigenvalue weighted by Crippen LogP contribution is 2.48. The van der Waals surface area contributed by atoms with Crippen molar-refractivity contribution < 1.29 is 23.1 Å². The largest absolute Gasteiger partial charge is 0.416 e. The van der Waals surface area contributed by atoms with Crippen LogP contribution in [0.15, 0.2) is 48.5 Å². The average Bonchev–Trinajstić information content (AvgIpc) is 3.37. The first-order chi connectivity index (χ1) is 17.4. The molecule has 1 atom stereocenters. The fraction of sp³-hybridized carbons (Fsp3) is 0.419. The van der Waals surface area contributed by atoms with Crippen molar-refractivity contribution in [3.05, 3.63) is 87.7 Å². The lowest BCUT2D eigenvalue weighted by molar-refractivity contribution is -0.137. The van der Waals surface area contributed by atoms with Gasteiger partial charge in [0, 0.05) is 28.3 Å². The van der Waals surface area contributed by atoms with Gasteiger partial charge >= 0.3 is 6.18 Å². The van der Waals surface area contributed by atoms with Crippen LogP contribution in [-0.2, 0) is 12.6 Å². The van der Waals surface area contributed by atoms with E-state index in [4.69, 9.17) is 4.98 Å². The lowest BCUT2D eigenvalue weighted by Gasteiger charge is -2.37. The first kappa shape index (κ1) is 25.7. The molecule has 6 heteroatoms. The maximum atomic E-state index is 14.2. The summed E-state index contributed by atoms with van der Waals surface area (Å²) in [4.78, 5) is 19.3. The third-order valence-corrected chi connectivity index (χ3v) is 7.85. The molecule has 2 aliphatic rings. The van der Waals surface area contributed by atoms with Gasteiger partial charge in [-0.25, -0.2) is 0 Å². The van der Waals surface area contributed by atoms with E-state index >= 15 is 0 Å². The first-order valence-corrected chi connectivity index (χ1v) is 13.0. The molecule has 5 rings (SSSR count). The molecule has 0 unspecified atom stereocenters. The Labute approximate surface area is 215 Å². The molecule has 0 aliphatic heterocycles. The van der Waals surface area contributed by atoms with Crippen LogP contribution in [-0.4, -0.2) is 15.9 Å². The number of aryl methyl sites for hydroxylation is 1. The molecule has 3 nitrogen and oxygen atoms in total. The molecule has 0 saturated heterocycles. The SMILES string of the molecule is Cc1ccc(-c2c(C(=O)c3ccc(C(F)(F)F)cc3)c(C3CCCC3)nc3c2[C@@H](O)CC(C)(C)C3)cc1. The zero-order chi connectivity index (χ0) is 26.5. The van der Waals surface area contributed by atoms with Gasteiger partial charge in [0.1, 0.15) is 0 Å². The van der Waals surface area contributed by atoms with E-state index in [2.05, 4.69) is 13.8 Å². The number of nitrogens with zero attached hydrogens (tertiary/aromatic N) is 1. The number of aliphatic hydroxyl groups excluding tert-OH is 1. The monoisotopic (exact) mass is 507 g/mol. The van der Waals surface area contributed by atoms with Crippen LogP contribution >= 0.6 is 0 Å². The van der Waals surface area contributed by atoms with E-state index in [0.717, 1.165) is 60.3 Å². The Morgan fingerprint density at radius 3 is 2.22 bits per heavy atom. The molecule has 1 fully saturated rings. The van der Waals surface area contributed by atoms with E-state index in [1.807, 2.05) is 31.2 Å². The highest BCUT2D eigenvalue weighted by Gasteiger charge is 2.39. The fourth-order valence-electron chi connectivity index (χ4n) is 6.01. The smallest absolute Gasteiger partial charge is 0.388 e. The summed E-state index contributed by atoms with van der Waals surface area (Å²) in [5.41, 5.74) is 4.47. The molecule has 0 amide bonds. The first-order valence-electron chi connectivity index (χ1n) is 13.0. The minimum atomic E-state index is -4.48. The number of fused-ring (bicyclic) bond motifs is 1. The van der Waals surface area contributed by atoms with E-state index in [1.54, 1.807) is 0 Å². The molecule has 37 heavy (non-hydrogen) atoms. The summed E-state index contributed by atoms with van der Waals surface area (Å²) in [6, 6.07) is 12.3. The van der Waals surface area contributed by atoms with Gasteiger partial charge in [0.2, 0.25) is 0 Å². The summed E-state index contributed by atoms with van der Waals surface area (Å²) < 4.78 is 39.6. The topological polar surface area (TPSA) is 50.2 Å². The van der Waals surface area contributed by atoms with Crippen molar-refractivity contribution >= 4 is 5.78 Å². The van der Waals surface area contributed by atoms with Crippen molar-refractivity contribution in [2.45, 2.75) is 77.5 Å². The van der Waals surface area contributed by atoms with Gasteiger partial charge < -0.3 is 5.11 Å². The lowest BCUT2D eigenvalue weighted by Crippen LogP contribution is -2.29. The minimum Gasteiger partial charge on any atom is -0.388 e. The van der Waals surface area contributed by atoms with Crippen LogP contribution in [0.5, 0.6) is 0 Å². The molecule has 0 spiro atoms. The highest BCUT2D eigenvalue weighted by molar-refractivity contribution is 6.14. The Hall–Kier alpha value is -2.99. The van der Waals surface area contributed by atoms with Crippen LogP contribution in [0.3, 0.4) is 0 Å². The number of rotatable bonds is 4. The summed E-state index contributed by atoms with van der Waals surface area (Å²) >= 11 is 0. The van der Waals surface area contributed by atoms with Gasteiger partial charge in [0.05, 0.1) is 22.9 Å². The van der Waals surface area contributed by atoms with Crippen LogP contribution in [0.4, 0.5) is 13.2 Å². The van der Waals surface area contributed by atoms with Gasteiger partial charge in [0.25, 0.3) is 0 Å². The van der Waals surface area contributed by atoms with E-state index in [0.29, 0.717) is 29.5 Å². The van der Waals surface area contributed by atoms with Gasteiger partial charge in [-0.1, -0.05) is 68.7 Å². The number of benzene rings is 2. The zero-order valence-corrected chi connectivity index (χ0v) is 21.5. The molecular formula is C31H32F3NO2. The van der Waals surface area contributed by atoms with Crippen LogP contribution in [0.2, 0.25) is 0 Å². The number of aromatic nitrogens is 1. The third-order valence-electron chi connectivity index (χ3n) is 7.85. The van der Waals surface area contributed by atoms with E-state index < -0.39 is 17.8 Å². The number of hydrogen-bond acceptors (Lipinski definition) is 3. The number of carbonyl (C=O) groups is 1. The van der Waals surface area contributed by atoms with E-state index in [1.165, 1.54) is 12.1 Å². The molecule has 1 aromatic heterocycles. The van der Waals surface area contributed by atoms with Crippen molar-refractivity contribution in [2.24, 2.45) is 5.41 Å². The molecule has 0 bridgehead atoms. The van der Waals surface area contributed by atoms with Crippen molar-refractivity contribution in [3.8, 4) is 11.1 Å². The summed E-state index contributed by atoms with van der Waals surface area (Å²) in [6.45, 7) is 6.22. The second kappa shape index (κ2) is 9.39. The molecule has 1 saturated carbocycles. The predicted molar refractivity (Wildman–Crippen MR) is 138 cm³/mol. The third kappa shape index (κ3) is 4.96. The van der Waals surface area contributed by atoms with Gasteiger partial charge in [-0.3, -0.25) is 9.78 Å². The Balaban J connectivity index is 1.78. The van der Waals surface area contributed by atoms with Crippen LogP contribution in [0, 0.1) is 12.3 Å². The number of ketones is 1. The van der Waals surface area contributed by atoms with Gasteiger partial charge in [-0.2, -0.15) is 13.2 Å². The molecule has 0 radical (unpaired) electrons. The fourth-order valence-corrected chi connectivity index (χ4v) is 6.01. The Morgan fingerprint density at radius 2 is 1.62 bits per heavy atom. The maximum Gasteiger partial charge on any atom is 0.416 e. The van der Waals surface area contributed by atoms with Crippen molar-refractivity contribution in [3.63, 3.8) is 0 Å². The van der Waals surface area contributed by atoms with E-state index in [-0.39, 0.29) is 22.7 Å². The highest BCUT2D eigenvalue weighted by atomic mass is 19.4. The Morgan fingerprint density at radius 1 is 1.00 bits per heavy atom. The number of hydrogen-bond donors (Lipinski definition) is 1. The predicted octanol–water partition coefficient (Wildman–Crippen LogP) is 7.97. The quantitative estimate of drug-likeness (QED) is 0.364. The van der Waals surface area contributed by atoms with Gasteiger partial charge in [0.15, 0.2) is 5.78 Å². The molecule has 194 valence electrons. The Bertz CT molecular complexity index is 1320. The second-order valence-corrected chi connectivity index (χ2v) is 11.4. The number of pyridine rings is 1. The normalized spacial score (nSPS) is 19.6. The van der Waals surface area contributed by atoms with Gasteiger partial charge in [-0.15, -0.1) is 0 Å². The summed E-state index contributed by atoms with van der Waals surface area (Å²) in [7, 11) is 0. The van der Waals surface area contributed by atoms with Crippen LogP contribution in [0.25, 0.3) is 11.1 Å². The number of carbonyl (C=O) groups excluding carboxylic acids is 1. The van der Waals surface area contributed by atoms with Crippen LogP contribution < -0.4 is 0 Å². The Kier molecular flexibility index (Phi) is 6.51. The van der Waals surface area contributed by atoms with Gasteiger partial charge in [-0.05, 0) is 55.7 Å². The molecular weight excluding hydrogens is 475 g/mol. The molecule has 1 N–H and O–H groups in total. The zero-order valence-electron chi connectivity index (χ0n) is 21.5. The summed E-state index contributed by atoms with van der Waals surface area (Å²) in [6.07, 6.45) is -0.120. The minimum absolute atomic E-state index is 0.102. The molecule has 1 heterocycles. The molecule has 2 aliphatic carbocycles. The second-order valence-electron chi connectivity index (χ2n) is 11.4. The average molecular weight is 508 g/mol. The molecule has 3 aromatic rings. The molecule has 2 aromatic carbocycles. The summed E-state index contributed by atoms with van der Waals surface area (Å²) in [5, 5.41) is 11.4. The number of alkyl halides is 3. The summed E-state index contributed by atoms with van der Waals surface area (Å²) in [5.74, 6) is -0.247. The van der Waals surface area contributed by atoms with Crippen molar-refractivity contribution in [2.75, 3.05) is 0 Å². The van der Waals surface area contributed by atoms with Crippen molar-refractivity contribution in [1.82, 2.24) is 4.98 Å². The van der Waals surface area contributed by atoms with E-state index in [9.17, 15) is 23.1 Å².